The molecule has 0 spiro atoms. The molecule has 0 bridgehead atoms. The molecule has 23 heavy (non-hydrogen) atoms. The summed E-state index contributed by atoms with van der Waals surface area (Å²) < 4.78 is 0. The van der Waals surface area contributed by atoms with Gasteiger partial charge in [-0.2, -0.15) is 0 Å². The van der Waals surface area contributed by atoms with E-state index in [0.717, 1.165) is 18.4 Å². The van der Waals surface area contributed by atoms with Crippen molar-refractivity contribution >= 4 is 12.4 Å². The predicted molar refractivity (Wildman–Crippen MR) is 92.9 cm³/mol. The molecule has 1 aromatic rings. The van der Waals surface area contributed by atoms with Crippen molar-refractivity contribution in [2.75, 3.05) is 0 Å². The van der Waals surface area contributed by atoms with Gasteiger partial charge in [0.15, 0.2) is 6.29 Å². The Hall–Kier alpha value is -2.07. The second-order valence-electron chi connectivity index (χ2n) is 5.90. The van der Waals surface area contributed by atoms with Crippen molar-refractivity contribution < 1.29 is 20.1 Å². The quantitative estimate of drug-likeness (QED) is 0.385. The van der Waals surface area contributed by atoms with Gasteiger partial charge in [0.1, 0.15) is 11.5 Å². The molecule has 126 valence electrons. The highest BCUT2D eigenvalue weighted by Gasteiger charge is 2.15. The second-order valence-corrected chi connectivity index (χ2v) is 5.90. The Morgan fingerprint density at radius 1 is 1.26 bits per heavy atom. The molecule has 4 heteroatoms. The fraction of sp³-hybridized carbons (Fsp3) is 0.421. The van der Waals surface area contributed by atoms with Crippen molar-refractivity contribution in [1.82, 2.24) is 0 Å². The summed E-state index contributed by atoms with van der Waals surface area (Å²) in [7, 11) is 0. The third-order valence-electron chi connectivity index (χ3n) is 3.62. The first-order valence-electron chi connectivity index (χ1n) is 7.93. The third kappa shape index (κ3) is 5.57. The minimum Gasteiger partial charge on any atom is -0.507 e. The lowest BCUT2D eigenvalue weighted by Gasteiger charge is -2.11. The van der Waals surface area contributed by atoms with Crippen LogP contribution in [0.1, 0.15) is 61.5 Å². The molecule has 0 aromatic heterocycles. The van der Waals surface area contributed by atoms with Crippen LogP contribution in [-0.4, -0.2) is 27.7 Å². The van der Waals surface area contributed by atoms with Crippen LogP contribution in [-0.2, 0) is 6.42 Å². The number of unbranched alkanes of at least 4 members (excludes halogenated alkanes) is 1. The number of allylic oxidation sites excluding steroid dienone is 2. The van der Waals surface area contributed by atoms with Crippen molar-refractivity contribution in [2.45, 2.75) is 52.6 Å². The van der Waals surface area contributed by atoms with E-state index < -0.39 is 6.10 Å². The van der Waals surface area contributed by atoms with Crippen molar-refractivity contribution in [3.63, 3.8) is 0 Å². The zero-order chi connectivity index (χ0) is 17.4. The van der Waals surface area contributed by atoms with Crippen LogP contribution in [0.2, 0.25) is 0 Å². The van der Waals surface area contributed by atoms with Gasteiger partial charge in [-0.1, -0.05) is 43.6 Å². The molecule has 0 heterocycles. The van der Waals surface area contributed by atoms with Crippen LogP contribution >= 0.6 is 0 Å². The number of phenolic OH excluding ortho intramolecular Hbond substituents is 2. The molecular weight excluding hydrogens is 292 g/mol. The Morgan fingerprint density at radius 2 is 1.96 bits per heavy atom. The Bertz CT molecular complexity index is 596. The average molecular weight is 318 g/mol. The molecule has 0 saturated heterocycles. The van der Waals surface area contributed by atoms with Crippen molar-refractivity contribution in [1.29, 1.82) is 0 Å². The molecule has 0 amide bonds. The van der Waals surface area contributed by atoms with Gasteiger partial charge in [0.2, 0.25) is 0 Å². The summed E-state index contributed by atoms with van der Waals surface area (Å²) in [6.45, 7) is 5.91. The van der Waals surface area contributed by atoms with Crippen LogP contribution in [0.25, 0.3) is 6.08 Å². The maximum atomic E-state index is 11.3. The van der Waals surface area contributed by atoms with E-state index in [0.29, 0.717) is 24.7 Å². The Balaban J connectivity index is 3.14. The van der Waals surface area contributed by atoms with Crippen molar-refractivity contribution in [3.05, 3.63) is 40.5 Å². The second kappa shape index (κ2) is 9.16. The number of phenols is 2. The highest BCUT2D eigenvalue weighted by Crippen LogP contribution is 2.33. The Labute approximate surface area is 137 Å². The monoisotopic (exact) mass is 318 g/mol. The molecule has 0 saturated carbocycles. The topological polar surface area (TPSA) is 77.8 Å². The number of rotatable bonds is 8. The molecule has 0 fully saturated rings. The molecule has 1 unspecified atom stereocenters. The smallest absolute Gasteiger partial charge is 0.154 e. The number of hydrogen-bond acceptors (Lipinski definition) is 4. The Morgan fingerprint density at radius 3 is 2.52 bits per heavy atom. The molecule has 3 N–H and O–H groups in total. The lowest BCUT2D eigenvalue weighted by molar-refractivity contribution is 0.112. The lowest BCUT2D eigenvalue weighted by Crippen LogP contribution is -2.01. The first kappa shape index (κ1) is 19.0. The summed E-state index contributed by atoms with van der Waals surface area (Å²) >= 11 is 0. The first-order chi connectivity index (χ1) is 10.9. The van der Waals surface area contributed by atoms with Crippen LogP contribution in [0.4, 0.5) is 0 Å². The summed E-state index contributed by atoms with van der Waals surface area (Å²) in [6, 6.07) is 1.46. The normalized spacial score (nSPS) is 12.3. The maximum absolute atomic E-state index is 11.3. The number of aliphatic hydroxyl groups is 1. The predicted octanol–water partition coefficient (Wildman–Crippen LogP) is 3.98. The summed E-state index contributed by atoms with van der Waals surface area (Å²) in [5.74, 6) is -0.209. The number of carbonyl (C=O) groups is 1. The first-order valence-corrected chi connectivity index (χ1v) is 7.93. The molecule has 1 atom stereocenters. The molecule has 0 aliphatic heterocycles. The average Bonchev–Trinajstić information content (AvgIpc) is 2.51. The molecule has 1 rings (SSSR count). The fourth-order valence-corrected chi connectivity index (χ4v) is 2.23. The van der Waals surface area contributed by atoms with E-state index in [1.54, 1.807) is 0 Å². The van der Waals surface area contributed by atoms with E-state index in [2.05, 4.69) is 0 Å². The summed E-state index contributed by atoms with van der Waals surface area (Å²) in [6.07, 6.45) is 7.76. The highest BCUT2D eigenvalue weighted by molar-refractivity contribution is 5.88. The van der Waals surface area contributed by atoms with Gasteiger partial charge < -0.3 is 15.3 Å². The van der Waals surface area contributed by atoms with Crippen LogP contribution in [0.5, 0.6) is 11.5 Å². The number of aromatic hydroxyl groups is 2. The minimum absolute atomic E-state index is 0.0427. The number of aliphatic hydroxyl groups excluding tert-OH is 1. The van der Waals surface area contributed by atoms with E-state index in [9.17, 15) is 20.1 Å². The standard InChI is InChI=1S/C19H26O4/c1-4-5-6-15(21)9-10-16-17(12-20)19(23)14(11-18(16)22)8-7-13(2)3/h7,9-12,15,21-23H,4-6,8H2,1-3H3/b10-9+. The summed E-state index contributed by atoms with van der Waals surface area (Å²) in [5.41, 5.74) is 1.85. The number of hydrogen-bond donors (Lipinski definition) is 3. The minimum atomic E-state index is -0.638. The van der Waals surface area contributed by atoms with E-state index >= 15 is 0 Å². The summed E-state index contributed by atoms with van der Waals surface area (Å²) in [4.78, 5) is 11.3. The summed E-state index contributed by atoms with van der Waals surface area (Å²) in [5, 5.41) is 30.2. The van der Waals surface area contributed by atoms with E-state index in [1.807, 2.05) is 26.8 Å². The number of benzene rings is 1. The van der Waals surface area contributed by atoms with Gasteiger partial charge in [-0.05, 0) is 32.8 Å². The highest BCUT2D eigenvalue weighted by atomic mass is 16.3. The Kier molecular flexibility index (Phi) is 7.55. The van der Waals surface area contributed by atoms with Crippen LogP contribution in [0.15, 0.2) is 23.8 Å². The van der Waals surface area contributed by atoms with Gasteiger partial charge in [0.25, 0.3) is 0 Å². The van der Waals surface area contributed by atoms with Crippen LogP contribution < -0.4 is 0 Å². The van der Waals surface area contributed by atoms with Crippen LogP contribution in [0.3, 0.4) is 0 Å². The van der Waals surface area contributed by atoms with E-state index in [1.165, 1.54) is 18.2 Å². The van der Waals surface area contributed by atoms with Crippen molar-refractivity contribution in [3.8, 4) is 11.5 Å². The largest absolute Gasteiger partial charge is 0.507 e. The molecule has 0 radical (unpaired) electrons. The van der Waals surface area contributed by atoms with Gasteiger partial charge in [-0.25, -0.2) is 0 Å². The zero-order valence-corrected chi connectivity index (χ0v) is 14.0. The van der Waals surface area contributed by atoms with Gasteiger partial charge in [-0.3, -0.25) is 4.79 Å². The zero-order valence-electron chi connectivity index (χ0n) is 14.0. The molecular formula is C19H26O4. The van der Waals surface area contributed by atoms with Gasteiger partial charge in [0, 0.05) is 11.1 Å². The van der Waals surface area contributed by atoms with Gasteiger partial charge in [0.05, 0.1) is 11.7 Å². The number of aldehydes is 1. The van der Waals surface area contributed by atoms with E-state index in [-0.39, 0.29) is 22.6 Å². The molecule has 4 nitrogen and oxygen atoms in total. The maximum Gasteiger partial charge on any atom is 0.154 e. The van der Waals surface area contributed by atoms with Gasteiger partial charge in [-0.15, -0.1) is 0 Å². The van der Waals surface area contributed by atoms with Crippen molar-refractivity contribution in [2.24, 2.45) is 0 Å². The molecule has 1 aromatic carbocycles. The SMILES string of the molecule is CCCCC(O)/C=C/c1c(O)cc(CC=C(C)C)c(O)c1C=O. The van der Waals surface area contributed by atoms with E-state index in [4.69, 9.17) is 0 Å². The third-order valence-corrected chi connectivity index (χ3v) is 3.62. The van der Waals surface area contributed by atoms with Crippen LogP contribution in [0, 0.1) is 0 Å². The van der Waals surface area contributed by atoms with Gasteiger partial charge >= 0.3 is 0 Å². The number of carbonyl (C=O) groups excluding carboxylic acids is 1. The molecule has 0 aliphatic rings. The fourth-order valence-electron chi connectivity index (χ4n) is 2.23. The molecule has 0 aliphatic carbocycles. The lowest BCUT2D eigenvalue weighted by atomic mass is 9.98.